The molecular weight excluding hydrogens is 580 g/mol. The number of nitrogens with zero attached hydrogens (tertiary/aromatic N) is 2. The van der Waals surface area contributed by atoms with Gasteiger partial charge < -0.3 is 10.1 Å². The van der Waals surface area contributed by atoms with Crippen molar-refractivity contribution in [2.45, 2.75) is 25.0 Å². The number of methoxy groups -OCH3 is 1. The van der Waals surface area contributed by atoms with Gasteiger partial charge in [0, 0.05) is 28.7 Å². The predicted octanol–water partition coefficient (Wildman–Crippen LogP) is 4.66. The third kappa shape index (κ3) is 6.75. The van der Waals surface area contributed by atoms with Crippen LogP contribution in [0.1, 0.15) is 34.5 Å². The molecule has 1 saturated heterocycles. The van der Waals surface area contributed by atoms with E-state index in [9.17, 15) is 22.4 Å². The van der Waals surface area contributed by atoms with E-state index in [1.165, 1.54) is 20.1 Å². The summed E-state index contributed by atoms with van der Waals surface area (Å²) in [6.45, 7) is 2.09. The van der Waals surface area contributed by atoms with E-state index in [1.807, 2.05) is 24.3 Å². The van der Waals surface area contributed by atoms with Gasteiger partial charge in [-0.05, 0) is 60.5 Å². The SMILES string of the molecule is COC(=O)[C@H](C)NC(=O)c1cc(F)cc(N(C2CN(C(c3ccc(Cl)cc3)c3ccc(Cl)cc3)C2)S(C)(=O)=O)c1. The first-order valence-electron chi connectivity index (χ1n) is 12.3. The van der Waals surface area contributed by atoms with Crippen molar-refractivity contribution < 1.29 is 27.1 Å². The number of hydrogen-bond acceptors (Lipinski definition) is 6. The highest BCUT2D eigenvalue weighted by molar-refractivity contribution is 7.92. The molecule has 8 nitrogen and oxygen atoms in total. The van der Waals surface area contributed by atoms with Crippen molar-refractivity contribution in [3.63, 3.8) is 0 Å². The number of sulfonamides is 1. The van der Waals surface area contributed by atoms with E-state index in [0.717, 1.165) is 33.8 Å². The highest BCUT2D eigenvalue weighted by Gasteiger charge is 2.41. The number of carbonyl (C=O) groups is 2. The van der Waals surface area contributed by atoms with Crippen LogP contribution in [0.3, 0.4) is 0 Å². The molecule has 4 rings (SSSR count). The number of ether oxygens (including phenoxy) is 1. The average Bonchev–Trinajstić information content (AvgIpc) is 2.87. The van der Waals surface area contributed by atoms with Crippen molar-refractivity contribution in [3.05, 3.63) is 99.3 Å². The minimum Gasteiger partial charge on any atom is -0.467 e. The quantitative estimate of drug-likeness (QED) is 0.355. The number of anilines is 1. The van der Waals surface area contributed by atoms with Gasteiger partial charge in [-0.25, -0.2) is 17.6 Å². The maximum absolute atomic E-state index is 14.7. The minimum atomic E-state index is -3.87. The van der Waals surface area contributed by atoms with Crippen molar-refractivity contribution in [2.75, 3.05) is 30.8 Å². The number of likely N-dealkylation sites (tertiary alicyclic amines) is 1. The van der Waals surface area contributed by atoms with E-state index >= 15 is 0 Å². The highest BCUT2D eigenvalue weighted by Crippen LogP contribution is 2.37. The first kappa shape index (κ1) is 29.8. The standard InChI is InChI=1S/C28H28Cl2FN3O5S/c1-17(28(36)39-2)32-27(35)20-12-23(31)14-24(13-20)34(40(3,37)38)25-15-33(16-25)26(18-4-8-21(29)9-5-18)19-6-10-22(30)11-7-19/h4-14,17,25-26H,15-16H2,1-3H3,(H,32,35)/t17-/m0/s1. The average molecular weight is 609 g/mol. The molecule has 0 aromatic heterocycles. The third-order valence-electron chi connectivity index (χ3n) is 6.62. The largest absolute Gasteiger partial charge is 0.467 e. The minimum absolute atomic E-state index is 0.0116. The molecule has 1 N–H and O–H groups in total. The fourth-order valence-electron chi connectivity index (χ4n) is 4.77. The molecule has 1 aliphatic rings. The van der Waals surface area contributed by atoms with Crippen LogP contribution in [0.4, 0.5) is 10.1 Å². The van der Waals surface area contributed by atoms with Gasteiger partial charge in [0.1, 0.15) is 11.9 Å². The van der Waals surface area contributed by atoms with Gasteiger partial charge in [-0.2, -0.15) is 0 Å². The maximum Gasteiger partial charge on any atom is 0.328 e. The molecule has 40 heavy (non-hydrogen) atoms. The summed E-state index contributed by atoms with van der Waals surface area (Å²) >= 11 is 12.2. The summed E-state index contributed by atoms with van der Waals surface area (Å²) < 4.78 is 46.3. The number of esters is 1. The molecule has 1 aliphatic heterocycles. The predicted molar refractivity (Wildman–Crippen MR) is 153 cm³/mol. The van der Waals surface area contributed by atoms with E-state index in [-0.39, 0.29) is 17.3 Å². The second kappa shape index (κ2) is 12.1. The van der Waals surface area contributed by atoms with Gasteiger partial charge in [0.25, 0.3) is 5.91 Å². The maximum atomic E-state index is 14.7. The zero-order valence-electron chi connectivity index (χ0n) is 22.0. The highest BCUT2D eigenvalue weighted by atomic mass is 35.5. The van der Waals surface area contributed by atoms with Crippen molar-refractivity contribution in [3.8, 4) is 0 Å². The molecule has 0 spiro atoms. The lowest BCUT2D eigenvalue weighted by atomic mass is 9.93. The monoisotopic (exact) mass is 607 g/mol. The Hall–Kier alpha value is -3.18. The summed E-state index contributed by atoms with van der Waals surface area (Å²) in [5.41, 5.74) is 1.80. The van der Waals surface area contributed by atoms with Gasteiger partial charge in [-0.3, -0.25) is 14.0 Å². The van der Waals surface area contributed by atoms with Gasteiger partial charge in [0.2, 0.25) is 10.0 Å². The number of benzene rings is 3. The number of amides is 1. The smallest absolute Gasteiger partial charge is 0.328 e. The Kier molecular flexibility index (Phi) is 9.04. The third-order valence-corrected chi connectivity index (χ3v) is 8.35. The van der Waals surface area contributed by atoms with Crippen LogP contribution >= 0.6 is 23.2 Å². The second-order valence-electron chi connectivity index (χ2n) is 9.59. The molecule has 1 heterocycles. The molecule has 0 unspecified atom stereocenters. The normalized spacial score (nSPS) is 14.9. The number of hydrogen-bond donors (Lipinski definition) is 1. The Balaban J connectivity index is 1.62. The molecular formula is C28H28Cl2FN3O5S. The Morgan fingerprint density at radius 3 is 2.00 bits per heavy atom. The van der Waals surface area contributed by atoms with Crippen LogP contribution in [0.15, 0.2) is 66.7 Å². The van der Waals surface area contributed by atoms with Crippen LogP contribution in [0.25, 0.3) is 0 Å². The number of carbonyl (C=O) groups excluding carboxylic acids is 2. The van der Waals surface area contributed by atoms with Crippen LogP contribution in [0, 0.1) is 5.82 Å². The molecule has 3 aromatic carbocycles. The van der Waals surface area contributed by atoms with Crippen molar-refractivity contribution in [1.29, 1.82) is 0 Å². The van der Waals surface area contributed by atoms with Gasteiger partial charge in [-0.1, -0.05) is 47.5 Å². The van der Waals surface area contributed by atoms with Gasteiger partial charge in [-0.15, -0.1) is 0 Å². The number of halogens is 3. The molecule has 0 bridgehead atoms. The molecule has 3 aromatic rings. The van der Waals surface area contributed by atoms with Crippen molar-refractivity contribution in [1.82, 2.24) is 10.2 Å². The van der Waals surface area contributed by atoms with E-state index in [0.29, 0.717) is 23.1 Å². The fraction of sp³-hybridized carbons (Fsp3) is 0.286. The number of rotatable bonds is 9. The Labute approximate surface area is 242 Å². The van der Waals surface area contributed by atoms with E-state index in [1.54, 1.807) is 24.3 Å². The van der Waals surface area contributed by atoms with Crippen molar-refractivity contribution in [2.24, 2.45) is 0 Å². The van der Waals surface area contributed by atoms with E-state index in [2.05, 4.69) is 15.0 Å². The van der Waals surface area contributed by atoms with Gasteiger partial charge in [0.15, 0.2) is 0 Å². The van der Waals surface area contributed by atoms with Gasteiger partial charge in [0.05, 0.1) is 31.1 Å². The first-order valence-corrected chi connectivity index (χ1v) is 14.9. The van der Waals surface area contributed by atoms with E-state index < -0.39 is 39.8 Å². The van der Waals surface area contributed by atoms with Crippen LogP contribution in [-0.4, -0.2) is 63.7 Å². The summed E-state index contributed by atoms with van der Waals surface area (Å²) in [7, 11) is -2.69. The van der Waals surface area contributed by atoms with Crippen LogP contribution in [-0.2, 0) is 19.6 Å². The molecule has 212 valence electrons. The molecule has 1 amide bonds. The number of nitrogens with one attached hydrogen (secondary N) is 1. The topological polar surface area (TPSA) is 96.0 Å². The summed E-state index contributed by atoms with van der Waals surface area (Å²) in [6.07, 6.45) is 1.04. The van der Waals surface area contributed by atoms with Gasteiger partial charge >= 0.3 is 5.97 Å². The summed E-state index contributed by atoms with van der Waals surface area (Å²) in [4.78, 5) is 26.5. The fourth-order valence-corrected chi connectivity index (χ4v) is 6.19. The Morgan fingerprint density at radius 1 is 1.00 bits per heavy atom. The summed E-state index contributed by atoms with van der Waals surface area (Å²) in [5.74, 6) is -2.21. The molecule has 0 saturated carbocycles. The second-order valence-corrected chi connectivity index (χ2v) is 12.3. The lowest BCUT2D eigenvalue weighted by molar-refractivity contribution is -0.142. The van der Waals surface area contributed by atoms with Crippen LogP contribution < -0.4 is 9.62 Å². The molecule has 0 radical (unpaired) electrons. The summed E-state index contributed by atoms with van der Waals surface area (Å²) in [5, 5.41) is 3.61. The molecule has 1 fully saturated rings. The van der Waals surface area contributed by atoms with Crippen molar-refractivity contribution >= 4 is 50.8 Å². The Bertz CT molecular complexity index is 1450. The molecule has 12 heteroatoms. The zero-order valence-corrected chi connectivity index (χ0v) is 24.3. The van der Waals surface area contributed by atoms with Crippen LogP contribution in [0.2, 0.25) is 10.0 Å². The molecule has 0 aliphatic carbocycles. The first-order chi connectivity index (χ1) is 18.9. The lowest BCUT2D eigenvalue weighted by Gasteiger charge is -2.48. The summed E-state index contributed by atoms with van der Waals surface area (Å²) in [6, 6.07) is 16.5. The lowest BCUT2D eigenvalue weighted by Crippen LogP contribution is -2.61. The zero-order chi connectivity index (χ0) is 29.2. The van der Waals surface area contributed by atoms with Crippen LogP contribution in [0.5, 0.6) is 0 Å². The molecule has 1 atom stereocenters. The van der Waals surface area contributed by atoms with E-state index in [4.69, 9.17) is 23.2 Å². The Morgan fingerprint density at radius 2 is 1.52 bits per heavy atom.